The molecule has 0 fully saturated rings. The molecule has 7 nitrogen and oxygen atoms in total. The van der Waals surface area contributed by atoms with Crippen LogP contribution >= 0.6 is 11.3 Å². The number of carbonyl (C=O) groups is 1. The van der Waals surface area contributed by atoms with E-state index in [1.165, 1.54) is 35.6 Å². The number of alkyl halides is 3. The van der Waals surface area contributed by atoms with E-state index in [0.29, 0.717) is 12.0 Å². The van der Waals surface area contributed by atoms with E-state index >= 15 is 0 Å². The highest BCUT2D eigenvalue weighted by Gasteiger charge is 2.28. The zero-order valence-corrected chi connectivity index (χ0v) is 17.1. The molecule has 1 amide bonds. The van der Waals surface area contributed by atoms with Gasteiger partial charge < -0.3 is 10.1 Å². The van der Waals surface area contributed by atoms with Crippen LogP contribution in [0.25, 0.3) is 6.08 Å². The van der Waals surface area contributed by atoms with Gasteiger partial charge in [0.25, 0.3) is 0 Å². The molecule has 0 aliphatic rings. The van der Waals surface area contributed by atoms with E-state index < -0.39 is 29.6 Å². The summed E-state index contributed by atoms with van der Waals surface area (Å²) in [5.41, 5.74) is 0.542. The van der Waals surface area contributed by atoms with Gasteiger partial charge in [-0.3, -0.25) is 9.53 Å². The second-order valence-corrected chi connectivity index (χ2v) is 8.37. The van der Waals surface area contributed by atoms with Gasteiger partial charge in [0, 0.05) is 17.5 Å². The topological polar surface area (TPSA) is 108 Å². The van der Waals surface area contributed by atoms with Gasteiger partial charge in [0.05, 0.1) is 6.61 Å². The van der Waals surface area contributed by atoms with Gasteiger partial charge in [0.1, 0.15) is 17.3 Å². The highest BCUT2D eigenvalue weighted by Crippen LogP contribution is 2.25. The number of primary sulfonamides is 1. The number of sulfonamides is 1. The minimum absolute atomic E-state index is 0.185. The number of hydrogen-bond acceptors (Lipinski definition) is 6. The molecule has 0 aliphatic carbocycles. The van der Waals surface area contributed by atoms with Crippen molar-refractivity contribution in [1.82, 2.24) is 5.32 Å². The molecule has 0 aliphatic heterocycles. The Bertz CT molecular complexity index is 974. The Balaban J connectivity index is 1.92. The van der Waals surface area contributed by atoms with Crippen molar-refractivity contribution < 1.29 is 35.9 Å². The smallest absolute Gasteiger partial charge is 0.490 e. The average molecular weight is 464 g/mol. The van der Waals surface area contributed by atoms with E-state index in [0.717, 1.165) is 4.88 Å². The number of ether oxygens (including phenoxy) is 2. The summed E-state index contributed by atoms with van der Waals surface area (Å²) in [5.74, 6) is -0.491. The number of amides is 1. The summed E-state index contributed by atoms with van der Waals surface area (Å²) in [6, 6.07) is 7.80. The number of hydrogen-bond donors (Lipinski definition) is 2. The molecular weight excluding hydrogens is 445 g/mol. The lowest BCUT2D eigenvalue weighted by atomic mass is 10.1. The Labute approximate surface area is 175 Å². The second kappa shape index (κ2) is 10.6. The molecule has 0 spiro atoms. The first-order chi connectivity index (χ1) is 14.0. The molecule has 1 aromatic carbocycles. The quantitative estimate of drug-likeness (QED) is 0.415. The molecule has 0 bridgehead atoms. The van der Waals surface area contributed by atoms with Gasteiger partial charge in [-0.25, -0.2) is 13.6 Å². The molecule has 0 atom stereocenters. The molecule has 0 saturated carbocycles. The summed E-state index contributed by atoms with van der Waals surface area (Å²) in [6.07, 6.45) is -1.44. The third-order valence-electron chi connectivity index (χ3n) is 3.58. The molecule has 0 saturated heterocycles. The third-order valence-corrected chi connectivity index (χ3v) is 5.35. The van der Waals surface area contributed by atoms with Crippen LogP contribution in [0.2, 0.25) is 0 Å². The van der Waals surface area contributed by atoms with Gasteiger partial charge in [-0.15, -0.1) is 24.5 Å². The summed E-state index contributed by atoms with van der Waals surface area (Å²) in [6.45, 7) is -1.09. The van der Waals surface area contributed by atoms with Crippen molar-refractivity contribution in [3.63, 3.8) is 0 Å². The molecule has 3 N–H and O–H groups in total. The minimum Gasteiger partial charge on any atom is -0.490 e. The molecule has 0 unspecified atom stereocenters. The highest BCUT2D eigenvalue weighted by molar-refractivity contribution is 7.89. The van der Waals surface area contributed by atoms with Crippen molar-refractivity contribution in [1.29, 1.82) is 0 Å². The molecule has 0 radical (unpaired) electrons. The van der Waals surface area contributed by atoms with E-state index in [4.69, 9.17) is 9.88 Å². The standard InChI is InChI=1S/C18H19F3N2O5S2/c19-18(20,21)28-10-9-27-15-5-3-13(12-16(15)30(22,25)26)7-8-23-17(24)6-4-14-2-1-11-29-14/h1-6,11-12H,7-10H2,(H,23,24)(H2,22,25,26)/b6-4+. The van der Waals surface area contributed by atoms with Crippen molar-refractivity contribution >= 4 is 33.3 Å². The van der Waals surface area contributed by atoms with Gasteiger partial charge in [0.2, 0.25) is 15.9 Å². The molecule has 1 heterocycles. The van der Waals surface area contributed by atoms with Gasteiger partial charge >= 0.3 is 6.36 Å². The lowest BCUT2D eigenvalue weighted by Crippen LogP contribution is -2.23. The van der Waals surface area contributed by atoms with Gasteiger partial charge in [0.15, 0.2) is 0 Å². The number of rotatable bonds is 10. The summed E-state index contributed by atoms with van der Waals surface area (Å²) < 4.78 is 68.1. The van der Waals surface area contributed by atoms with Crippen LogP contribution in [0.5, 0.6) is 5.75 Å². The van der Waals surface area contributed by atoms with Crippen molar-refractivity contribution in [3.8, 4) is 5.75 Å². The van der Waals surface area contributed by atoms with Crippen LogP contribution in [0, 0.1) is 0 Å². The molecule has 12 heteroatoms. The second-order valence-electron chi connectivity index (χ2n) is 5.86. The predicted molar refractivity (Wildman–Crippen MR) is 105 cm³/mol. The van der Waals surface area contributed by atoms with Crippen LogP contribution in [-0.4, -0.2) is 40.4 Å². The summed E-state index contributed by atoms with van der Waals surface area (Å²) in [5, 5.41) is 9.72. The van der Waals surface area contributed by atoms with E-state index in [9.17, 15) is 26.4 Å². The predicted octanol–water partition coefficient (Wildman–Crippen LogP) is 2.68. The zero-order chi connectivity index (χ0) is 22.2. The number of thiophene rings is 1. The van der Waals surface area contributed by atoms with Crippen molar-refractivity contribution in [3.05, 3.63) is 52.2 Å². The van der Waals surface area contributed by atoms with E-state index in [2.05, 4.69) is 10.1 Å². The van der Waals surface area contributed by atoms with Gasteiger partial charge in [-0.2, -0.15) is 0 Å². The summed E-state index contributed by atoms with van der Waals surface area (Å²) >= 11 is 1.49. The minimum atomic E-state index is -4.81. The molecule has 1 aromatic heterocycles. The maximum atomic E-state index is 12.0. The Morgan fingerprint density at radius 2 is 2.00 bits per heavy atom. The Hall–Kier alpha value is -2.41. The lowest BCUT2D eigenvalue weighted by molar-refractivity contribution is -0.325. The zero-order valence-electron chi connectivity index (χ0n) is 15.5. The molecule has 2 rings (SSSR count). The first kappa shape index (κ1) is 23.9. The molecule has 164 valence electrons. The van der Waals surface area contributed by atoms with Gasteiger partial charge in [-0.05, 0) is 41.6 Å². The van der Waals surface area contributed by atoms with Crippen LogP contribution in [-0.2, 0) is 26.0 Å². The Morgan fingerprint density at radius 3 is 2.63 bits per heavy atom. The summed E-state index contributed by atoms with van der Waals surface area (Å²) in [4.78, 5) is 12.4. The molecular formula is C18H19F3N2O5S2. The average Bonchev–Trinajstić information content (AvgIpc) is 3.16. The van der Waals surface area contributed by atoms with Crippen LogP contribution in [0.4, 0.5) is 13.2 Å². The van der Waals surface area contributed by atoms with Crippen LogP contribution < -0.4 is 15.2 Å². The fourth-order valence-corrected chi connectivity index (χ4v) is 3.63. The van der Waals surface area contributed by atoms with Crippen LogP contribution in [0.15, 0.2) is 46.7 Å². The fourth-order valence-electron chi connectivity index (χ4n) is 2.29. The first-order valence-electron chi connectivity index (χ1n) is 8.53. The number of halogens is 3. The van der Waals surface area contributed by atoms with Crippen molar-refractivity contribution in [2.45, 2.75) is 17.7 Å². The monoisotopic (exact) mass is 464 g/mol. The Kier molecular flexibility index (Phi) is 8.41. The largest absolute Gasteiger partial charge is 0.522 e. The van der Waals surface area contributed by atoms with Crippen molar-refractivity contribution in [2.24, 2.45) is 5.14 Å². The normalized spacial score (nSPS) is 12.3. The molecule has 2 aromatic rings. The number of nitrogens with two attached hydrogens (primary N) is 1. The molecule has 30 heavy (non-hydrogen) atoms. The van der Waals surface area contributed by atoms with Crippen molar-refractivity contribution in [2.75, 3.05) is 19.8 Å². The maximum Gasteiger partial charge on any atom is 0.522 e. The Morgan fingerprint density at radius 1 is 1.23 bits per heavy atom. The number of benzene rings is 1. The summed E-state index contributed by atoms with van der Waals surface area (Å²) in [7, 11) is -4.18. The SMILES string of the molecule is NS(=O)(=O)c1cc(CCNC(=O)/C=C/c2cccs2)ccc1OCCOC(F)(F)F. The number of nitrogens with one attached hydrogen (secondary N) is 1. The third kappa shape index (κ3) is 8.53. The first-order valence-corrected chi connectivity index (χ1v) is 11.0. The van der Waals surface area contributed by atoms with E-state index in [1.54, 1.807) is 6.08 Å². The van der Waals surface area contributed by atoms with E-state index in [1.807, 2.05) is 17.5 Å². The maximum absolute atomic E-state index is 12.0. The van der Waals surface area contributed by atoms with Crippen LogP contribution in [0.3, 0.4) is 0 Å². The van der Waals surface area contributed by atoms with E-state index in [-0.39, 0.29) is 23.1 Å². The fraction of sp³-hybridized carbons (Fsp3) is 0.278. The van der Waals surface area contributed by atoms with Crippen LogP contribution in [0.1, 0.15) is 10.4 Å². The number of carbonyl (C=O) groups excluding carboxylic acids is 1. The highest BCUT2D eigenvalue weighted by atomic mass is 32.2. The van der Waals surface area contributed by atoms with Gasteiger partial charge in [-0.1, -0.05) is 12.1 Å². The lowest BCUT2D eigenvalue weighted by Gasteiger charge is -2.13.